The fraction of sp³-hybridized carbons (Fsp3) is 0.708. The molecule has 1 aliphatic rings. The quantitative estimate of drug-likeness (QED) is 0.210. The molecule has 0 radical (unpaired) electrons. The minimum absolute atomic E-state index is 0.275. The van der Waals surface area contributed by atoms with Crippen molar-refractivity contribution in [2.75, 3.05) is 32.9 Å². The van der Waals surface area contributed by atoms with Crippen LogP contribution in [-0.2, 0) is 9.53 Å². The first-order valence-electron chi connectivity index (χ1n) is 11.1. The van der Waals surface area contributed by atoms with Crippen LogP contribution >= 0.6 is 11.9 Å². The zero-order valence-corrected chi connectivity index (χ0v) is 21.6. The summed E-state index contributed by atoms with van der Waals surface area (Å²) in [5.74, 6) is 2.68. The molecule has 0 spiro atoms. The van der Waals surface area contributed by atoms with E-state index < -0.39 is 0 Å². The van der Waals surface area contributed by atoms with Gasteiger partial charge in [-0.2, -0.15) is 0 Å². The first-order chi connectivity index (χ1) is 14.1. The Bertz CT molecular complexity index is 513. The largest absolute Gasteiger partial charge is 0.467 e. The lowest BCUT2D eigenvalue weighted by Crippen LogP contribution is -2.34. The Morgan fingerprint density at radius 1 is 1.30 bits per heavy atom. The first kappa shape index (κ1) is 30.9. The number of carbonyl (C=O) groups is 1. The van der Waals surface area contributed by atoms with Crippen molar-refractivity contribution in [3.05, 3.63) is 36.4 Å². The van der Waals surface area contributed by atoms with Gasteiger partial charge in [-0.1, -0.05) is 59.7 Å². The van der Waals surface area contributed by atoms with Crippen LogP contribution in [-0.4, -0.2) is 54.5 Å². The average molecular weight is 442 g/mol. The smallest absolute Gasteiger partial charge is 0.136 e. The van der Waals surface area contributed by atoms with Gasteiger partial charge < -0.3 is 24.5 Å². The molecule has 0 saturated carbocycles. The summed E-state index contributed by atoms with van der Waals surface area (Å²) in [5.41, 5.74) is 6.26. The molecule has 1 rings (SSSR count). The zero-order chi connectivity index (χ0) is 23.7. The summed E-state index contributed by atoms with van der Waals surface area (Å²) in [6, 6.07) is -0.278. The van der Waals surface area contributed by atoms with Crippen LogP contribution in [0.2, 0.25) is 0 Å². The highest BCUT2D eigenvalue weighted by atomic mass is 32.2. The summed E-state index contributed by atoms with van der Waals surface area (Å²) in [6.45, 7) is 23.3. The molecule has 30 heavy (non-hydrogen) atoms. The molecule has 176 valence electrons. The van der Waals surface area contributed by atoms with Gasteiger partial charge in [0.05, 0.1) is 11.8 Å². The number of likely N-dealkylation sites (tertiary alicyclic amines) is 1. The van der Waals surface area contributed by atoms with Crippen molar-refractivity contribution >= 4 is 18.2 Å². The molecule has 0 aromatic rings. The molecule has 0 amide bonds. The molecule has 6 heteroatoms. The minimum atomic E-state index is -0.278. The topological polar surface area (TPSA) is 58.8 Å². The van der Waals surface area contributed by atoms with E-state index in [-0.39, 0.29) is 12.0 Å². The van der Waals surface area contributed by atoms with E-state index >= 15 is 0 Å². The van der Waals surface area contributed by atoms with Gasteiger partial charge in [0.15, 0.2) is 0 Å². The van der Waals surface area contributed by atoms with Crippen LogP contribution in [0.1, 0.15) is 60.8 Å². The Labute approximate surface area is 190 Å². The van der Waals surface area contributed by atoms with Crippen molar-refractivity contribution in [1.82, 2.24) is 9.21 Å². The molecule has 0 aromatic carbocycles. The van der Waals surface area contributed by atoms with Gasteiger partial charge in [-0.15, -0.1) is 0 Å². The third-order valence-electron chi connectivity index (χ3n) is 4.71. The molecule has 0 aromatic heterocycles. The minimum Gasteiger partial charge on any atom is -0.467 e. The Morgan fingerprint density at radius 3 is 2.17 bits per heavy atom. The lowest BCUT2D eigenvalue weighted by molar-refractivity contribution is -0.109. The maximum Gasteiger partial charge on any atom is 0.136 e. The number of ether oxygens (including phenoxy) is 1. The molecule has 0 aliphatic carbocycles. The Hall–Kier alpha value is -1.24. The van der Waals surface area contributed by atoms with Crippen LogP contribution < -0.4 is 5.73 Å². The van der Waals surface area contributed by atoms with Crippen LogP contribution in [0, 0.1) is 11.8 Å². The lowest BCUT2D eigenvalue weighted by Gasteiger charge is -2.33. The monoisotopic (exact) mass is 441 g/mol. The number of hydrogen-bond donors (Lipinski definition) is 1. The molecule has 1 heterocycles. The number of allylic oxidation sites excluding steroid dienone is 3. The summed E-state index contributed by atoms with van der Waals surface area (Å²) in [7, 11) is 2.20. The normalized spacial score (nSPS) is 15.9. The zero-order valence-electron chi connectivity index (χ0n) is 20.7. The van der Waals surface area contributed by atoms with E-state index in [0.29, 0.717) is 0 Å². The number of hydrogen-bond acceptors (Lipinski definition) is 6. The summed E-state index contributed by atoms with van der Waals surface area (Å²) in [6.07, 6.45) is 8.31. The van der Waals surface area contributed by atoms with Crippen LogP contribution in [0.15, 0.2) is 36.4 Å². The van der Waals surface area contributed by atoms with Crippen molar-refractivity contribution in [3.8, 4) is 0 Å². The molecular weight excluding hydrogens is 394 g/mol. The van der Waals surface area contributed by atoms with Gasteiger partial charge in [0.2, 0.25) is 0 Å². The molecular formula is C24H47N3O2S. The number of aldehydes is 1. The van der Waals surface area contributed by atoms with Crippen molar-refractivity contribution in [2.45, 2.75) is 66.8 Å². The standard InChI is InChI=1S/C17H30N2OS.C5H11NO.C2H6/c1-7-17(20-14(2)3)12-15(4)19(21-6)13-16-8-10-18(5)11-9-16;1-4(2)5(6)3-7;1-2/h12,16H,2,4,7-11,13H2,1,3,5-6H3;3-5H,6H2,1-2H3;1-2H3/b17-12+;;. The molecule has 1 atom stereocenters. The van der Waals surface area contributed by atoms with Crippen LogP contribution in [0.4, 0.5) is 0 Å². The predicted molar refractivity (Wildman–Crippen MR) is 134 cm³/mol. The van der Waals surface area contributed by atoms with Gasteiger partial charge in [-0.05, 0) is 51.7 Å². The third kappa shape index (κ3) is 14.7. The molecule has 5 nitrogen and oxygen atoms in total. The van der Waals surface area contributed by atoms with E-state index in [1.54, 1.807) is 11.9 Å². The second-order valence-corrected chi connectivity index (χ2v) is 8.51. The highest BCUT2D eigenvalue weighted by Crippen LogP contribution is 2.24. The first-order valence-corrected chi connectivity index (χ1v) is 12.3. The Morgan fingerprint density at radius 2 is 1.83 bits per heavy atom. The molecule has 0 bridgehead atoms. The molecule has 1 unspecified atom stereocenters. The van der Waals surface area contributed by atoms with Crippen LogP contribution in [0.5, 0.6) is 0 Å². The maximum atomic E-state index is 9.82. The van der Waals surface area contributed by atoms with Gasteiger partial charge in [0.1, 0.15) is 12.0 Å². The molecule has 1 aliphatic heterocycles. The van der Waals surface area contributed by atoms with Gasteiger partial charge >= 0.3 is 0 Å². The highest BCUT2D eigenvalue weighted by Gasteiger charge is 2.20. The number of piperidine rings is 1. The number of nitrogens with zero attached hydrogens (tertiary/aromatic N) is 2. The van der Waals surface area contributed by atoms with Gasteiger partial charge in [0, 0.05) is 31.0 Å². The summed E-state index contributed by atoms with van der Waals surface area (Å²) in [4.78, 5) is 12.2. The summed E-state index contributed by atoms with van der Waals surface area (Å²) >= 11 is 1.74. The van der Waals surface area contributed by atoms with Crippen LogP contribution in [0.3, 0.4) is 0 Å². The van der Waals surface area contributed by atoms with Crippen molar-refractivity contribution in [2.24, 2.45) is 17.6 Å². The molecule has 1 fully saturated rings. The van der Waals surface area contributed by atoms with E-state index in [9.17, 15) is 4.79 Å². The molecule has 2 N–H and O–H groups in total. The lowest BCUT2D eigenvalue weighted by atomic mass is 9.97. The van der Waals surface area contributed by atoms with E-state index in [2.05, 4.69) is 42.6 Å². The fourth-order valence-corrected chi connectivity index (χ4v) is 3.28. The SMILES string of the molecule is C=C(C)O/C(=C/C(=C)N(CC1CCN(C)CC1)SC)CC.CC.CC(C)C(N)C=O. The highest BCUT2D eigenvalue weighted by molar-refractivity contribution is 7.96. The van der Waals surface area contributed by atoms with Gasteiger partial charge in [-0.25, -0.2) is 0 Å². The number of rotatable bonds is 10. The number of carbonyl (C=O) groups excluding carboxylic acids is 1. The summed E-state index contributed by atoms with van der Waals surface area (Å²) in [5, 5.41) is 0. The second-order valence-electron chi connectivity index (χ2n) is 7.71. The fourth-order valence-electron chi connectivity index (χ4n) is 2.63. The second kappa shape index (κ2) is 18.5. The van der Waals surface area contributed by atoms with Crippen molar-refractivity contribution in [1.29, 1.82) is 0 Å². The maximum absolute atomic E-state index is 9.82. The predicted octanol–water partition coefficient (Wildman–Crippen LogP) is 5.46. The van der Waals surface area contributed by atoms with Crippen molar-refractivity contribution < 1.29 is 9.53 Å². The molecule has 1 saturated heterocycles. The van der Waals surface area contributed by atoms with E-state index in [1.807, 2.05) is 40.7 Å². The Balaban J connectivity index is 0. The summed E-state index contributed by atoms with van der Waals surface area (Å²) < 4.78 is 7.92. The average Bonchev–Trinajstić information content (AvgIpc) is 2.73. The number of nitrogens with two attached hydrogens (primary N) is 1. The van der Waals surface area contributed by atoms with E-state index in [0.717, 1.165) is 42.4 Å². The van der Waals surface area contributed by atoms with Crippen LogP contribution in [0.25, 0.3) is 0 Å². The third-order valence-corrected chi connectivity index (χ3v) is 5.54. The van der Waals surface area contributed by atoms with E-state index in [1.165, 1.54) is 25.9 Å². The van der Waals surface area contributed by atoms with Gasteiger partial charge in [-0.3, -0.25) is 0 Å². The van der Waals surface area contributed by atoms with Gasteiger partial charge in [0.25, 0.3) is 0 Å². The Kier molecular flexibility index (Phi) is 19.1. The van der Waals surface area contributed by atoms with Crippen molar-refractivity contribution in [3.63, 3.8) is 0 Å². The van der Waals surface area contributed by atoms with E-state index in [4.69, 9.17) is 10.5 Å².